The highest BCUT2D eigenvalue weighted by Crippen LogP contribution is 2.28. The number of carboxylic acids is 1. The first-order valence-electron chi connectivity index (χ1n) is 10.1. The molecule has 0 aliphatic rings. The number of aliphatic carboxylic acids is 1. The third-order valence-corrected chi connectivity index (χ3v) is 5.04. The number of amides is 1. The van der Waals surface area contributed by atoms with E-state index in [0.29, 0.717) is 33.4 Å². The number of hydrogen-bond donors (Lipinski definition) is 2. The zero-order chi connectivity index (χ0) is 23.4. The lowest BCUT2D eigenvalue weighted by Crippen LogP contribution is -2.42. The van der Waals surface area contributed by atoms with Gasteiger partial charge in [-0.1, -0.05) is 36.4 Å². The highest BCUT2D eigenvalue weighted by atomic mass is 19.1. The number of ether oxygens (including phenoxy) is 1. The number of furan rings is 1. The van der Waals surface area contributed by atoms with E-state index in [1.807, 2.05) is 0 Å². The van der Waals surface area contributed by atoms with Crippen LogP contribution in [0.3, 0.4) is 0 Å². The Labute approximate surface area is 187 Å². The number of nitrogens with one attached hydrogen (secondary N) is 1. The lowest BCUT2D eigenvalue weighted by Gasteiger charge is -2.14. The minimum atomic E-state index is -1.25. The Kier molecular flexibility index (Phi) is 6.35. The molecule has 8 heteroatoms. The van der Waals surface area contributed by atoms with Crippen LogP contribution in [-0.4, -0.2) is 23.2 Å². The summed E-state index contributed by atoms with van der Waals surface area (Å²) in [5.74, 6) is -1.68. The van der Waals surface area contributed by atoms with Gasteiger partial charge in [-0.3, -0.25) is 0 Å². The summed E-state index contributed by atoms with van der Waals surface area (Å²) in [4.78, 5) is 23.6. The Morgan fingerprint density at radius 3 is 2.48 bits per heavy atom. The fourth-order valence-corrected chi connectivity index (χ4v) is 3.41. The minimum Gasteiger partial charge on any atom is -0.480 e. The van der Waals surface area contributed by atoms with Crippen molar-refractivity contribution in [3.63, 3.8) is 0 Å². The Hall–Kier alpha value is -4.20. The topological polar surface area (TPSA) is 88.8 Å². The highest BCUT2D eigenvalue weighted by Gasteiger charge is 2.21. The molecule has 0 saturated carbocycles. The van der Waals surface area contributed by atoms with Crippen molar-refractivity contribution in [2.45, 2.75) is 19.1 Å². The number of carbonyl (C=O) groups is 2. The van der Waals surface area contributed by atoms with Gasteiger partial charge in [-0.2, -0.15) is 0 Å². The van der Waals surface area contributed by atoms with Crippen molar-refractivity contribution in [3.8, 4) is 11.1 Å². The average molecular weight is 451 g/mol. The highest BCUT2D eigenvalue weighted by molar-refractivity contribution is 5.84. The molecule has 3 aromatic carbocycles. The zero-order valence-electron chi connectivity index (χ0n) is 17.3. The third kappa shape index (κ3) is 5.35. The van der Waals surface area contributed by atoms with Crippen LogP contribution < -0.4 is 5.32 Å². The summed E-state index contributed by atoms with van der Waals surface area (Å²) in [5.41, 5.74) is 2.22. The zero-order valence-corrected chi connectivity index (χ0v) is 17.3. The molecule has 0 radical (unpaired) electrons. The summed E-state index contributed by atoms with van der Waals surface area (Å²) in [6.45, 7) is -0.224. The lowest BCUT2D eigenvalue weighted by atomic mass is 10.0. The molecule has 6 nitrogen and oxygen atoms in total. The fraction of sp³-hybridized carbons (Fsp3) is 0.120. The summed E-state index contributed by atoms with van der Waals surface area (Å²) < 4.78 is 37.8. The third-order valence-electron chi connectivity index (χ3n) is 5.04. The molecule has 1 heterocycles. The first kappa shape index (κ1) is 22.0. The van der Waals surface area contributed by atoms with Gasteiger partial charge >= 0.3 is 12.1 Å². The number of alkyl carbamates (subject to hydrolysis) is 1. The molecule has 4 rings (SSSR count). The molecule has 2 N–H and O–H groups in total. The molecule has 33 heavy (non-hydrogen) atoms. The normalized spacial score (nSPS) is 11.8. The maximum atomic E-state index is 14.1. The molecule has 168 valence electrons. The van der Waals surface area contributed by atoms with Gasteiger partial charge in [0.15, 0.2) is 6.61 Å². The van der Waals surface area contributed by atoms with Crippen molar-refractivity contribution in [2.24, 2.45) is 0 Å². The molecule has 1 atom stereocenters. The standard InChI is InChI=1S/C25H19F2NO5/c26-18-8-5-15(6-9-18)11-22(24(29)30)28-25(31)32-14-19-13-17-12-16(7-10-23(17)33-19)20-3-1-2-4-21(20)27/h1-10,12-13,22H,11,14H2,(H,28,31)(H,29,30). The Morgan fingerprint density at radius 2 is 1.76 bits per heavy atom. The molecule has 0 spiro atoms. The maximum Gasteiger partial charge on any atom is 0.408 e. The second kappa shape index (κ2) is 9.52. The van der Waals surface area contributed by atoms with E-state index in [0.717, 1.165) is 0 Å². The number of benzene rings is 3. The smallest absolute Gasteiger partial charge is 0.408 e. The molecule has 1 aromatic heterocycles. The number of rotatable bonds is 7. The number of carboxylic acid groups (broad SMARTS) is 1. The summed E-state index contributed by atoms with van der Waals surface area (Å²) in [5, 5.41) is 12.4. The van der Waals surface area contributed by atoms with Gasteiger partial charge in [0.25, 0.3) is 0 Å². The Morgan fingerprint density at radius 1 is 1.00 bits per heavy atom. The molecule has 0 bridgehead atoms. The van der Waals surface area contributed by atoms with Gasteiger partial charge in [-0.15, -0.1) is 0 Å². The van der Waals surface area contributed by atoms with Gasteiger partial charge in [-0.05, 0) is 47.5 Å². The van der Waals surface area contributed by atoms with Gasteiger partial charge < -0.3 is 19.6 Å². The van der Waals surface area contributed by atoms with E-state index in [4.69, 9.17) is 9.15 Å². The summed E-state index contributed by atoms with van der Waals surface area (Å²) in [6, 6.07) is 17.4. The number of halogens is 2. The number of carbonyl (C=O) groups excluding carboxylic acids is 1. The molecule has 4 aromatic rings. The van der Waals surface area contributed by atoms with Crippen LogP contribution in [0, 0.1) is 11.6 Å². The Balaban J connectivity index is 1.39. The second-order valence-corrected chi connectivity index (χ2v) is 7.39. The van der Waals surface area contributed by atoms with E-state index >= 15 is 0 Å². The first-order valence-corrected chi connectivity index (χ1v) is 10.1. The maximum absolute atomic E-state index is 14.1. The lowest BCUT2D eigenvalue weighted by molar-refractivity contribution is -0.139. The molecule has 1 amide bonds. The van der Waals surface area contributed by atoms with E-state index in [2.05, 4.69) is 5.32 Å². The van der Waals surface area contributed by atoms with Crippen molar-refractivity contribution in [1.29, 1.82) is 0 Å². The van der Waals surface area contributed by atoms with Crippen LogP contribution >= 0.6 is 0 Å². The van der Waals surface area contributed by atoms with Gasteiger partial charge in [0, 0.05) is 17.4 Å². The SMILES string of the molecule is O=C(NC(Cc1ccc(F)cc1)C(=O)O)OCc1cc2cc(-c3ccccc3F)ccc2o1. The number of hydrogen-bond acceptors (Lipinski definition) is 4. The van der Waals surface area contributed by atoms with Gasteiger partial charge in [0.1, 0.15) is 29.0 Å². The quantitative estimate of drug-likeness (QED) is 0.398. The predicted octanol–water partition coefficient (Wildman–Crippen LogP) is 5.30. The predicted molar refractivity (Wildman–Crippen MR) is 116 cm³/mol. The summed E-state index contributed by atoms with van der Waals surface area (Å²) >= 11 is 0. The molecular weight excluding hydrogens is 432 g/mol. The van der Waals surface area contributed by atoms with Gasteiger partial charge in [0.2, 0.25) is 0 Å². The van der Waals surface area contributed by atoms with Crippen LogP contribution in [0.2, 0.25) is 0 Å². The molecule has 0 aliphatic heterocycles. The van der Waals surface area contributed by atoms with Crippen molar-refractivity contribution in [1.82, 2.24) is 5.32 Å². The molecule has 1 unspecified atom stereocenters. The molecule has 0 saturated heterocycles. The van der Waals surface area contributed by atoms with Crippen molar-refractivity contribution >= 4 is 23.0 Å². The molecular formula is C25H19F2NO5. The van der Waals surface area contributed by atoms with E-state index in [9.17, 15) is 23.5 Å². The minimum absolute atomic E-state index is 0.0336. The van der Waals surface area contributed by atoms with Crippen LogP contribution in [-0.2, 0) is 22.6 Å². The van der Waals surface area contributed by atoms with Crippen molar-refractivity contribution in [2.75, 3.05) is 0 Å². The number of fused-ring (bicyclic) bond motifs is 1. The average Bonchev–Trinajstić information content (AvgIpc) is 3.21. The Bertz CT molecular complexity index is 1300. The van der Waals surface area contributed by atoms with Crippen molar-refractivity contribution in [3.05, 3.63) is 95.8 Å². The summed E-state index contributed by atoms with van der Waals surface area (Å²) in [7, 11) is 0. The first-order chi connectivity index (χ1) is 15.9. The largest absolute Gasteiger partial charge is 0.480 e. The monoisotopic (exact) mass is 451 g/mol. The van der Waals surface area contributed by atoms with Crippen LogP contribution in [0.15, 0.2) is 77.2 Å². The van der Waals surface area contributed by atoms with Gasteiger partial charge in [0.05, 0.1) is 0 Å². The molecule has 0 fully saturated rings. The van der Waals surface area contributed by atoms with Crippen LogP contribution in [0.5, 0.6) is 0 Å². The van der Waals surface area contributed by atoms with E-state index < -0.39 is 23.9 Å². The van der Waals surface area contributed by atoms with Crippen LogP contribution in [0.4, 0.5) is 13.6 Å². The molecule has 0 aliphatic carbocycles. The van der Waals surface area contributed by atoms with Crippen LogP contribution in [0.25, 0.3) is 22.1 Å². The van der Waals surface area contributed by atoms with E-state index in [-0.39, 0.29) is 18.8 Å². The van der Waals surface area contributed by atoms with E-state index in [1.165, 1.54) is 30.3 Å². The fourth-order valence-electron chi connectivity index (χ4n) is 3.41. The summed E-state index contributed by atoms with van der Waals surface area (Å²) in [6.07, 6.45) is -0.967. The second-order valence-electron chi connectivity index (χ2n) is 7.39. The van der Waals surface area contributed by atoms with Gasteiger partial charge in [-0.25, -0.2) is 18.4 Å². The van der Waals surface area contributed by atoms with Crippen molar-refractivity contribution < 1.29 is 32.6 Å². The van der Waals surface area contributed by atoms with Crippen LogP contribution in [0.1, 0.15) is 11.3 Å². The van der Waals surface area contributed by atoms with E-state index in [1.54, 1.807) is 42.5 Å².